The second-order valence-corrected chi connectivity index (χ2v) is 29.8. The Morgan fingerprint density at radius 1 is 0.491 bits per heavy atom. The first-order chi connectivity index (χ1) is 55.3. The monoisotopic (exact) mass is 1540 g/mol. The molecule has 15 heterocycles. The van der Waals surface area contributed by atoms with E-state index in [1.807, 2.05) is 115 Å². The molecule has 0 N–H and O–H groups in total. The van der Waals surface area contributed by atoms with E-state index in [1.54, 1.807) is 99.5 Å². The number of nitriles is 3. The smallest absolute Gasteiger partial charge is 0.298 e. The van der Waals surface area contributed by atoms with E-state index in [9.17, 15) is 38.6 Å². The molecule has 0 radical (unpaired) electrons. The Labute approximate surface area is 655 Å². The highest BCUT2D eigenvalue weighted by Gasteiger charge is 2.27. The van der Waals surface area contributed by atoms with Crippen LogP contribution in [0.25, 0.3) is 83.6 Å². The second kappa shape index (κ2) is 33.1. The summed E-state index contributed by atoms with van der Waals surface area (Å²) in [5.74, 6) is 10.0. The minimum Gasteiger partial charge on any atom is -0.497 e. The van der Waals surface area contributed by atoms with Gasteiger partial charge in [0.15, 0.2) is 21.5 Å². The first-order valence-electron chi connectivity index (χ1n) is 36.2. The maximum Gasteiger partial charge on any atom is 0.298 e. The maximum absolute atomic E-state index is 12.2. The highest BCUT2D eigenvalue weighted by molar-refractivity contribution is 7.91. The van der Waals surface area contributed by atoms with E-state index in [-0.39, 0.29) is 30.0 Å². The molecule has 13 aromatic rings. The molecule has 0 saturated carbocycles. The quantitative estimate of drug-likeness (QED) is 0.0839. The van der Waals surface area contributed by atoms with E-state index in [0.717, 1.165) is 84.4 Å². The molecule has 0 atom stereocenters. The van der Waals surface area contributed by atoms with Gasteiger partial charge in [0, 0.05) is 184 Å². The summed E-state index contributed by atoms with van der Waals surface area (Å²) < 4.78 is 43.8. The Kier molecular flexibility index (Phi) is 22.0. The highest BCUT2D eigenvalue weighted by Crippen LogP contribution is 2.37. The van der Waals surface area contributed by atoms with Crippen LogP contribution < -0.4 is 19.4 Å². The number of pyridine rings is 6. The third-order valence-corrected chi connectivity index (χ3v) is 22.1. The summed E-state index contributed by atoms with van der Waals surface area (Å²) in [6, 6.07) is 32.2. The number of oxazole rings is 1. The molecule has 3 aliphatic heterocycles. The molecule has 32 heteroatoms. The van der Waals surface area contributed by atoms with Gasteiger partial charge in [-0.25, -0.2) is 41.9 Å². The minimum atomic E-state index is -3.21. The summed E-state index contributed by atoms with van der Waals surface area (Å²) >= 11 is 0. The van der Waals surface area contributed by atoms with Crippen LogP contribution in [0.5, 0.6) is 5.75 Å². The number of carbonyl (C=O) groups is 3. The predicted octanol–water partition coefficient (Wildman–Crippen LogP) is 7.61. The van der Waals surface area contributed by atoms with Crippen molar-refractivity contribution in [1.29, 1.82) is 15.8 Å². The van der Waals surface area contributed by atoms with Crippen LogP contribution in [0.15, 0.2) is 164 Å². The summed E-state index contributed by atoms with van der Waals surface area (Å²) in [4.78, 5) is 64.8. The van der Waals surface area contributed by atoms with E-state index < -0.39 is 15.1 Å². The number of sulfone groups is 1. The third-order valence-electron chi connectivity index (χ3n) is 19.9. The van der Waals surface area contributed by atoms with Gasteiger partial charge in [0.05, 0.1) is 102 Å². The van der Waals surface area contributed by atoms with Crippen LogP contribution in [0.1, 0.15) is 42.0 Å². The Balaban J connectivity index is 0.000000142. The van der Waals surface area contributed by atoms with Crippen molar-refractivity contribution >= 4 is 61.6 Å². The molecule has 16 rings (SSSR count). The number of aromatic nitrogens is 15. The minimum absolute atomic E-state index is 0.0320. The van der Waals surface area contributed by atoms with Crippen LogP contribution >= 0.6 is 0 Å². The van der Waals surface area contributed by atoms with Crippen LogP contribution in [0.4, 0.5) is 17.5 Å². The van der Waals surface area contributed by atoms with Gasteiger partial charge in [-0.05, 0) is 104 Å². The number of nitrogens with zero attached hydrogens (tertiary/aromatic N) is 24. The largest absolute Gasteiger partial charge is 0.497 e. The summed E-state index contributed by atoms with van der Waals surface area (Å²) in [6.45, 7) is 13.1. The zero-order chi connectivity index (χ0) is 79.7. The lowest BCUT2D eigenvalue weighted by molar-refractivity contribution is -0.126. The highest BCUT2D eigenvalue weighted by atomic mass is 32.2. The molecule has 0 bridgehead atoms. The number of aryl methyl sites for hydroxylation is 2. The van der Waals surface area contributed by atoms with E-state index >= 15 is 0 Å². The molecule has 3 fully saturated rings. The maximum atomic E-state index is 12.2. The molecule has 0 spiro atoms. The van der Waals surface area contributed by atoms with Gasteiger partial charge >= 0.3 is 0 Å². The van der Waals surface area contributed by atoms with Gasteiger partial charge in [0.25, 0.3) is 17.7 Å². The summed E-state index contributed by atoms with van der Waals surface area (Å²) in [5.41, 5.74) is 13.3. The number of hydrogen-bond donors (Lipinski definition) is 0. The standard InChI is InChI=1S/C31H26N8O2.C27H27N9O3S.C24H19N7O2/c1-3-30(40)37-12-10-36(11-13-37)29-9-6-23(16-33-29)28-14-24(21-39-31(28)25(15-32)17-35-39)26-18-34-38(20-26)19-22-4-7-27(41-2)8-5-22;1-4-26(37)34-9-7-33(8-10-34)25-6-5-20(15-29-25)23-13-21(17-36-27(23)22(14-28)16-30-36)24-18-35(32-31-24)11-12-40(38,39)19(2)3;1-3-23(32)30-8-6-29(7-9-30)22-5-4-17(12-27-22)20-10-18(21-14-26-16(2)33-21)15-31-24(20)19(11-25)13-28-31/h1,4-9,14,16-18,20-21H,10-13,19H2,2H3;1,5-6,13,15-19H,7-12H2,2-3H3;1,4-5,10,12-15H,6-9H2,2H3. The van der Waals surface area contributed by atoms with E-state index in [1.165, 1.54) is 10.9 Å². The van der Waals surface area contributed by atoms with Crippen molar-refractivity contribution in [3.63, 3.8) is 0 Å². The molecule has 3 saturated heterocycles. The average molecular weight is 1540 g/mol. The fourth-order valence-corrected chi connectivity index (χ4v) is 14.5. The van der Waals surface area contributed by atoms with Crippen molar-refractivity contribution in [3.05, 3.63) is 188 Å². The van der Waals surface area contributed by atoms with Crippen LogP contribution in [-0.2, 0) is 37.3 Å². The number of piperazine rings is 3. The van der Waals surface area contributed by atoms with Crippen molar-refractivity contribution in [2.24, 2.45) is 0 Å². The number of benzene rings is 1. The number of terminal acetylenes is 3. The molecule has 114 heavy (non-hydrogen) atoms. The fraction of sp³-hybridized carbons (Fsp3) is 0.244. The molecule has 3 amide bonds. The van der Waals surface area contributed by atoms with E-state index in [0.29, 0.717) is 136 Å². The molecule has 3 aliphatic rings. The fourth-order valence-electron chi connectivity index (χ4n) is 13.6. The van der Waals surface area contributed by atoms with Crippen molar-refractivity contribution in [2.45, 2.75) is 39.1 Å². The molecule has 31 nitrogen and oxygen atoms in total. The van der Waals surface area contributed by atoms with Crippen LogP contribution in [0.3, 0.4) is 0 Å². The average Bonchev–Trinajstić information content (AvgIpc) is 1.56. The third kappa shape index (κ3) is 16.2. The first-order valence-corrected chi connectivity index (χ1v) is 37.9. The molecule has 12 aromatic heterocycles. The van der Waals surface area contributed by atoms with Crippen LogP contribution in [0, 0.1) is 77.9 Å². The molecular weight excluding hydrogens is 1470 g/mol. The second-order valence-electron chi connectivity index (χ2n) is 27.1. The van der Waals surface area contributed by atoms with Crippen molar-refractivity contribution < 1.29 is 32.0 Å². The van der Waals surface area contributed by atoms with Gasteiger partial charge in [-0.2, -0.15) is 36.2 Å². The summed E-state index contributed by atoms with van der Waals surface area (Å²) in [7, 11) is -1.56. The van der Waals surface area contributed by atoms with Gasteiger partial charge < -0.3 is 38.6 Å². The number of carbonyl (C=O) groups excluding carboxylic acids is 3. The lowest BCUT2D eigenvalue weighted by Gasteiger charge is -2.34. The number of anilines is 3. The first kappa shape index (κ1) is 75.8. The normalized spacial score (nSPS) is 13.6. The lowest BCUT2D eigenvalue weighted by atomic mass is 10.0. The Morgan fingerprint density at radius 2 is 0.921 bits per heavy atom. The summed E-state index contributed by atoms with van der Waals surface area (Å²) in [6.07, 6.45) is 38.4. The van der Waals surface area contributed by atoms with Gasteiger partial charge in [0.2, 0.25) is 0 Å². The molecule has 568 valence electrons. The zero-order valence-corrected chi connectivity index (χ0v) is 63.2. The zero-order valence-electron chi connectivity index (χ0n) is 62.4. The van der Waals surface area contributed by atoms with E-state index in [4.69, 9.17) is 33.4 Å². The molecule has 0 unspecified atom stereocenters. The van der Waals surface area contributed by atoms with Gasteiger partial charge in [-0.3, -0.25) is 23.7 Å². The van der Waals surface area contributed by atoms with Crippen LogP contribution in [0.2, 0.25) is 0 Å². The van der Waals surface area contributed by atoms with Gasteiger partial charge in [-0.15, -0.1) is 24.4 Å². The molecule has 0 aliphatic carbocycles. The Bertz CT molecular complexity index is 6170. The summed E-state index contributed by atoms with van der Waals surface area (Å²) in [5, 5.41) is 54.7. The van der Waals surface area contributed by atoms with E-state index in [2.05, 4.69) is 96.3 Å². The van der Waals surface area contributed by atoms with Crippen molar-refractivity contribution in [2.75, 3.05) is 106 Å². The Morgan fingerprint density at radius 3 is 1.32 bits per heavy atom. The van der Waals surface area contributed by atoms with Crippen molar-refractivity contribution in [3.8, 4) is 128 Å². The molecular formula is C82H72N24O7S. The van der Waals surface area contributed by atoms with Crippen LogP contribution in [-0.4, -0.2) is 211 Å². The number of methoxy groups -OCH3 is 1. The topological polar surface area (TPSA) is 351 Å². The number of hydrogen-bond acceptors (Lipinski definition) is 23. The molecule has 1 aromatic carbocycles. The van der Waals surface area contributed by atoms with Gasteiger partial charge in [-0.1, -0.05) is 17.3 Å². The number of rotatable bonds is 16. The Hall–Kier alpha value is -15.0. The van der Waals surface area contributed by atoms with Crippen molar-refractivity contribution in [1.82, 2.24) is 88.3 Å². The lowest BCUT2D eigenvalue weighted by Crippen LogP contribution is -2.48. The SMILES string of the molecule is C#CC(=O)N1CCN(c2ccc(-c3cc(-c4cn(CCS(=O)(=O)C(C)C)nn4)cn4ncc(C#N)c34)cn2)CC1.C#CC(=O)N1CCN(c2ccc(-c3cc(-c4cnc(C)o4)cn4ncc(C#N)c34)cn2)CC1.C#CC(=O)N1CCN(c2ccc(-c3cc(-c4cnn(Cc5ccc(OC)cc5)c4)cn4ncc(C#N)c34)cn2)CC1. The van der Waals surface area contributed by atoms with Gasteiger partial charge in [0.1, 0.15) is 47.1 Å². The predicted molar refractivity (Wildman–Crippen MR) is 424 cm³/mol. The number of ether oxygens (including phenoxy) is 1. The number of amides is 3. The number of fused-ring (bicyclic) bond motifs is 3.